The van der Waals surface area contributed by atoms with E-state index in [1.165, 1.54) is 35.2 Å². The number of sulfone groups is 1. The van der Waals surface area contributed by atoms with Gasteiger partial charge in [0, 0.05) is 11.1 Å². The Labute approximate surface area is 156 Å². The van der Waals surface area contributed by atoms with Gasteiger partial charge in [-0.25, -0.2) is 13.2 Å². The van der Waals surface area contributed by atoms with E-state index in [1.54, 1.807) is 30.3 Å². The molecule has 1 amide bonds. The van der Waals surface area contributed by atoms with Gasteiger partial charge in [0.15, 0.2) is 16.4 Å². The molecular formula is C19H17NO6S. The predicted molar refractivity (Wildman–Crippen MR) is 99.0 cm³/mol. The summed E-state index contributed by atoms with van der Waals surface area (Å²) in [5.74, 6) is -1.47. The average Bonchev–Trinajstić information content (AvgIpc) is 3.00. The first-order chi connectivity index (χ1) is 12.9. The van der Waals surface area contributed by atoms with Gasteiger partial charge in [0.05, 0.1) is 17.4 Å². The fourth-order valence-electron chi connectivity index (χ4n) is 2.71. The molecule has 7 nitrogen and oxygen atoms in total. The summed E-state index contributed by atoms with van der Waals surface area (Å²) in [5.41, 5.74) is 0.699. The number of hydrogen-bond donors (Lipinski definition) is 1. The molecule has 2 aromatic rings. The van der Waals surface area contributed by atoms with Gasteiger partial charge in [0.2, 0.25) is 0 Å². The molecule has 1 aliphatic heterocycles. The summed E-state index contributed by atoms with van der Waals surface area (Å²) >= 11 is 0. The second-order valence-electron chi connectivity index (χ2n) is 5.95. The first kappa shape index (κ1) is 18.7. The Balaban J connectivity index is 1.74. The van der Waals surface area contributed by atoms with Crippen LogP contribution in [0.5, 0.6) is 5.75 Å². The quantitative estimate of drug-likeness (QED) is 0.787. The molecule has 0 radical (unpaired) electrons. The van der Waals surface area contributed by atoms with Crippen LogP contribution in [0.25, 0.3) is 0 Å². The maximum Gasteiger partial charge on any atom is 0.338 e. The third-order valence-electron chi connectivity index (χ3n) is 3.98. The second-order valence-corrected chi connectivity index (χ2v) is 7.88. The van der Waals surface area contributed by atoms with Crippen LogP contribution in [0, 0.1) is 0 Å². The molecule has 140 valence electrons. The summed E-state index contributed by atoms with van der Waals surface area (Å²) in [7, 11) is -3.37. The SMILES string of the molecule is O=C(OCC(=O)N(c1ccccc1)C1C=CS(=O)(=O)C1)c1ccc(O)cc1. The zero-order valence-electron chi connectivity index (χ0n) is 14.2. The van der Waals surface area contributed by atoms with E-state index in [9.17, 15) is 23.1 Å². The van der Waals surface area contributed by atoms with Crippen molar-refractivity contribution in [2.24, 2.45) is 0 Å². The fraction of sp³-hybridized carbons (Fsp3) is 0.158. The van der Waals surface area contributed by atoms with E-state index in [0.29, 0.717) is 5.69 Å². The van der Waals surface area contributed by atoms with Gasteiger partial charge in [0.1, 0.15) is 5.75 Å². The number of amides is 1. The number of carbonyl (C=O) groups is 2. The first-order valence-electron chi connectivity index (χ1n) is 8.10. The lowest BCUT2D eigenvalue weighted by atomic mass is 10.2. The molecule has 0 aliphatic carbocycles. The Kier molecular flexibility index (Phi) is 5.27. The molecule has 0 spiro atoms. The number of rotatable bonds is 5. The summed E-state index contributed by atoms with van der Waals surface area (Å²) < 4.78 is 28.6. The minimum Gasteiger partial charge on any atom is -0.508 e. The Morgan fingerprint density at radius 1 is 1.07 bits per heavy atom. The van der Waals surface area contributed by atoms with Crippen LogP contribution in [0.15, 0.2) is 66.1 Å². The van der Waals surface area contributed by atoms with Gasteiger partial charge in [-0.1, -0.05) is 18.2 Å². The smallest absolute Gasteiger partial charge is 0.338 e. The van der Waals surface area contributed by atoms with Crippen molar-refractivity contribution in [1.82, 2.24) is 0 Å². The molecule has 0 bridgehead atoms. The maximum absolute atomic E-state index is 12.7. The number of benzene rings is 2. The normalized spacial score (nSPS) is 17.4. The molecule has 1 N–H and O–H groups in total. The van der Waals surface area contributed by atoms with Crippen molar-refractivity contribution in [3.05, 3.63) is 71.6 Å². The maximum atomic E-state index is 12.7. The monoisotopic (exact) mass is 387 g/mol. The highest BCUT2D eigenvalue weighted by molar-refractivity contribution is 7.94. The summed E-state index contributed by atoms with van der Waals surface area (Å²) in [4.78, 5) is 26.1. The third kappa shape index (κ3) is 4.53. The van der Waals surface area contributed by atoms with E-state index in [-0.39, 0.29) is 17.1 Å². The number of phenolic OH excluding ortho intramolecular Hbond substituents is 1. The highest BCUT2D eigenvalue weighted by Gasteiger charge is 2.31. The Morgan fingerprint density at radius 2 is 1.74 bits per heavy atom. The predicted octanol–water partition coefficient (Wildman–Crippen LogP) is 1.89. The molecule has 0 aromatic heterocycles. The number of esters is 1. The van der Waals surface area contributed by atoms with Gasteiger partial charge in [-0.2, -0.15) is 0 Å². The highest BCUT2D eigenvalue weighted by Crippen LogP contribution is 2.23. The zero-order valence-corrected chi connectivity index (χ0v) is 15.0. The summed E-state index contributed by atoms with van der Waals surface area (Å²) in [6.45, 7) is -0.543. The summed E-state index contributed by atoms with van der Waals surface area (Å²) in [6, 6.07) is 13.3. The number of para-hydroxylation sites is 1. The van der Waals surface area contributed by atoms with Gasteiger partial charge in [-0.05, 0) is 42.5 Å². The number of ether oxygens (including phenoxy) is 1. The van der Waals surface area contributed by atoms with Crippen LogP contribution in [0.1, 0.15) is 10.4 Å². The molecule has 0 fully saturated rings. The van der Waals surface area contributed by atoms with Crippen LogP contribution < -0.4 is 4.90 Å². The fourth-order valence-corrected chi connectivity index (χ4v) is 3.97. The molecular weight excluding hydrogens is 370 g/mol. The van der Waals surface area contributed by atoms with Crippen LogP contribution in [0.4, 0.5) is 5.69 Å². The number of aromatic hydroxyl groups is 1. The number of hydrogen-bond acceptors (Lipinski definition) is 6. The molecule has 2 aromatic carbocycles. The van der Waals surface area contributed by atoms with Gasteiger partial charge in [0.25, 0.3) is 5.91 Å². The minimum absolute atomic E-state index is 0.00658. The second kappa shape index (κ2) is 7.63. The van der Waals surface area contributed by atoms with Crippen LogP contribution in [-0.4, -0.2) is 43.8 Å². The van der Waals surface area contributed by atoms with Gasteiger partial charge in [-0.3, -0.25) is 4.79 Å². The number of anilines is 1. The van der Waals surface area contributed by atoms with Crippen molar-refractivity contribution in [2.45, 2.75) is 6.04 Å². The molecule has 1 aliphatic rings. The van der Waals surface area contributed by atoms with E-state index in [2.05, 4.69) is 0 Å². The molecule has 1 heterocycles. The lowest BCUT2D eigenvalue weighted by Crippen LogP contribution is -2.43. The van der Waals surface area contributed by atoms with Gasteiger partial charge >= 0.3 is 5.97 Å². The third-order valence-corrected chi connectivity index (χ3v) is 5.35. The van der Waals surface area contributed by atoms with Crippen molar-refractivity contribution in [3.8, 4) is 5.75 Å². The van der Waals surface area contributed by atoms with E-state index in [1.807, 2.05) is 0 Å². The molecule has 1 atom stereocenters. The van der Waals surface area contributed by atoms with E-state index >= 15 is 0 Å². The van der Waals surface area contributed by atoms with Gasteiger partial charge < -0.3 is 14.7 Å². The number of nitrogens with zero attached hydrogens (tertiary/aromatic N) is 1. The lowest BCUT2D eigenvalue weighted by Gasteiger charge is -2.27. The number of carbonyl (C=O) groups excluding carboxylic acids is 2. The minimum atomic E-state index is -3.37. The van der Waals surface area contributed by atoms with E-state index in [4.69, 9.17) is 4.74 Å². The molecule has 8 heteroatoms. The number of phenols is 1. The van der Waals surface area contributed by atoms with Crippen molar-refractivity contribution in [1.29, 1.82) is 0 Å². The van der Waals surface area contributed by atoms with Crippen molar-refractivity contribution in [3.63, 3.8) is 0 Å². The van der Waals surface area contributed by atoms with Gasteiger partial charge in [-0.15, -0.1) is 0 Å². The van der Waals surface area contributed by atoms with Crippen molar-refractivity contribution in [2.75, 3.05) is 17.3 Å². The Morgan fingerprint density at radius 3 is 2.33 bits per heavy atom. The van der Waals surface area contributed by atoms with Crippen LogP contribution in [-0.2, 0) is 19.4 Å². The van der Waals surface area contributed by atoms with Crippen molar-refractivity contribution >= 4 is 27.4 Å². The van der Waals surface area contributed by atoms with E-state index in [0.717, 1.165) is 5.41 Å². The highest BCUT2D eigenvalue weighted by atomic mass is 32.2. The largest absolute Gasteiger partial charge is 0.508 e. The first-order valence-corrected chi connectivity index (χ1v) is 9.81. The average molecular weight is 387 g/mol. The van der Waals surface area contributed by atoms with Crippen molar-refractivity contribution < 1.29 is 27.9 Å². The van der Waals surface area contributed by atoms with E-state index < -0.39 is 34.4 Å². The Hall–Kier alpha value is -3.13. The molecule has 0 saturated heterocycles. The molecule has 3 rings (SSSR count). The lowest BCUT2D eigenvalue weighted by molar-refractivity contribution is -0.121. The van der Waals surface area contributed by atoms with Crippen LogP contribution >= 0.6 is 0 Å². The Bertz CT molecular complexity index is 967. The standard InChI is InChI=1S/C19H17NO6S/c21-17-8-6-14(7-9-17)19(23)26-12-18(22)20(15-4-2-1-3-5-15)16-10-11-27(24,25)13-16/h1-11,16,21H,12-13H2. The molecule has 27 heavy (non-hydrogen) atoms. The summed E-state index contributed by atoms with van der Waals surface area (Å²) in [5, 5.41) is 10.3. The summed E-state index contributed by atoms with van der Waals surface area (Å²) in [6.07, 6.45) is 1.45. The van der Waals surface area contributed by atoms with Crippen LogP contribution in [0.3, 0.4) is 0 Å². The molecule has 1 unspecified atom stereocenters. The topological polar surface area (TPSA) is 101 Å². The molecule has 0 saturated carbocycles. The van der Waals surface area contributed by atoms with Crippen LogP contribution in [0.2, 0.25) is 0 Å². The zero-order chi connectivity index (χ0) is 19.4.